The molecule has 0 aliphatic rings. The maximum Gasteiger partial charge on any atom is 0.269 e. The molecule has 3 aromatic rings. The summed E-state index contributed by atoms with van der Waals surface area (Å²) in [5.41, 5.74) is 0.399. The number of methoxy groups -OCH3 is 1. The van der Waals surface area contributed by atoms with E-state index in [0.29, 0.717) is 21.1 Å². The van der Waals surface area contributed by atoms with Crippen molar-refractivity contribution in [2.45, 2.75) is 9.79 Å². The highest BCUT2D eigenvalue weighted by Gasteiger charge is 2.33. The molecule has 0 fully saturated rings. The molecule has 0 saturated carbocycles. The van der Waals surface area contributed by atoms with Gasteiger partial charge < -0.3 is 9.84 Å². The van der Waals surface area contributed by atoms with Crippen LogP contribution in [-0.4, -0.2) is 36.2 Å². The van der Waals surface area contributed by atoms with Gasteiger partial charge in [-0.25, -0.2) is 0 Å². The molecule has 0 bridgehead atoms. The molecule has 0 heterocycles. The number of carbonyl (C=O) groups is 1. The van der Waals surface area contributed by atoms with Gasteiger partial charge in [-0.2, -0.15) is 0 Å². The van der Waals surface area contributed by atoms with Gasteiger partial charge in [0, 0.05) is 29.1 Å². The fourth-order valence-corrected chi connectivity index (χ4v) is 6.02. The first-order chi connectivity index (χ1) is 15.0. The van der Waals surface area contributed by atoms with Gasteiger partial charge in [-0.15, -0.1) is 0 Å². The lowest BCUT2D eigenvalue weighted by atomic mass is 10.2. The van der Waals surface area contributed by atoms with Gasteiger partial charge in [0.25, 0.3) is 11.6 Å². The van der Waals surface area contributed by atoms with Crippen LogP contribution in [-0.2, 0) is 0 Å². The second-order valence-corrected chi connectivity index (χ2v) is 9.06. The summed E-state index contributed by atoms with van der Waals surface area (Å²) in [4.78, 5) is 25.2. The van der Waals surface area contributed by atoms with Crippen LogP contribution < -0.4 is 14.2 Å². The van der Waals surface area contributed by atoms with Gasteiger partial charge in [0.1, 0.15) is 5.75 Å². The van der Waals surface area contributed by atoms with Crippen LogP contribution in [0.2, 0.25) is 0 Å². The minimum Gasteiger partial charge on any atom is -0.496 e. The molecule has 1 unspecified atom stereocenters. The van der Waals surface area contributed by atoms with Crippen LogP contribution in [0.25, 0.3) is 0 Å². The number of benzene rings is 3. The summed E-state index contributed by atoms with van der Waals surface area (Å²) in [6, 6.07) is 22.0. The molecule has 9 heteroatoms. The van der Waals surface area contributed by atoms with Crippen LogP contribution in [0.5, 0.6) is 5.75 Å². The average Bonchev–Trinajstić information content (AvgIpc) is 2.82. The first-order valence-electron chi connectivity index (χ1n) is 9.45. The smallest absolute Gasteiger partial charge is 0.269 e. The first kappa shape index (κ1) is 22.3. The summed E-state index contributed by atoms with van der Waals surface area (Å²) < 4.78 is 12.0. The van der Waals surface area contributed by atoms with E-state index in [2.05, 4.69) is 9.44 Å². The topological polar surface area (TPSA) is 114 Å². The van der Waals surface area contributed by atoms with Gasteiger partial charge in [-0.1, -0.05) is 40.7 Å². The molecule has 3 rings (SSSR count). The molecule has 0 aliphatic heterocycles. The summed E-state index contributed by atoms with van der Waals surface area (Å²) in [5.74, 6) is 0.208. The molecule has 1 amide bonds. The van der Waals surface area contributed by atoms with Crippen LogP contribution in [0, 0.1) is 10.1 Å². The van der Waals surface area contributed by atoms with Gasteiger partial charge in [0.15, 0.2) is 0 Å². The number of para-hydroxylation sites is 1. The summed E-state index contributed by atoms with van der Waals surface area (Å²) >= 11 is 0. The maximum atomic E-state index is 13.2. The van der Waals surface area contributed by atoms with E-state index in [9.17, 15) is 20.0 Å². The molecule has 3 aromatic carbocycles. The Morgan fingerprint density at radius 2 is 1.68 bits per heavy atom. The van der Waals surface area contributed by atoms with E-state index in [1.165, 1.54) is 19.2 Å². The van der Waals surface area contributed by atoms with E-state index in [4.69, 9.17) is 4.74 Å². The predicted octanol–water partition coefficient (Wildman–Crippen LogP) is 3.67. The molecular formula is C22H23N3O5S. The Balaban J connectivity index is 2.20. The SMILES string of the molecule is COc1ccccc1S(NCCO)(NC(=O)c1ccccc1)c1ccc([N+](=O)[O-])cc1. The van der Waals surface area contributed by atoms with Gasteiger partial charge >= 0.3 is 0 Å². The van der Waals surface area contributed by atoms with E-state index in [1.54, 1.807) is 42.5 Å². The number of nitrogens with one attached hydrogen (secondary N) is 2. The van der Waals surface area contributed by atoms with E-state index < -0.39 is 15.3 Å². The normalized spacial score (nSPS) is 13.6. The Bertz CT molecular complexity index is 1050. The minimum atomic E-state index is -2.51. The lowest BCUT2D eigenvalue weighted by molar-refractivity contribution is -0.384. The quantitative estimate of drug-likeness (QED) is 0.345. The van der Waals surface area contributed by atoms with Crippen molar-refractivity contribution in [2.75, 3.05) is 20.3 Å². The number of carbonyl (C=O) groups excluding carboxylic acids is 1. The van der Waals surface area contributed by atoms with E-state index in [1.807, 2.05) is 24.3 Å². The van der Waals surface area contributed by atoms with Crippen molar-refractivity contribution in [3.63, 3.8) is 0 Å². The van der Waals surface area contributed by atoms with Crippen LogP contribution in [0.3, 0.4) is 0 Å². The third kappa shape index (κ3) is 4.85. The number of nitro groups is 1. The highest BCUT2D eigenvalue weighted by molar-refractivity contribution is 8.31. The average molecular weight is 442 g/mol. The van der Waals surface area contributed by atoms with Crippen molar-refractivity contribution in [3.8, 4) is 5.75 Å². The fourth-order valence-electron chi connectivity index (χ4n) is 3.07. The lowest BCUT2D eigenvalue weighted by Gasteiger charge is -2.42. The van der Waals surface area contributed by atoms with Crippen molar-refractivity contribution in [1.29, 1.82) is 0 Å². The van der Waals surface area contributed by atoms with Crippen LogP contribution in [0.1, 0.15) is 10.4 Å². The monoisotopic (exact) mass is 441 g/mol. The molecule has 162 valence electrons. The highest BCUT2D eigenvalue weighted by atomic mass is 32.3. The molecule has 0 saturated heterocycles. The minimum absolute atomic E-state index is 0.0615. The Kier molecular flexibility index (Phi) is 7.24. The Hall–Kier alpha value is -3.40. The number of aliphatic hydroxyl groups is 1. The molecule has 1 atom stereocenters. The van der Waals surface area contributed by atoms with Gasteiger partial charge in [-0.05, 0) is 36.4 Å². The summed E-state index contributed by atoms with van der Waals surface area (Å²) in [5, 5.41) is 20.7. The van der Waals surface area contributed by atoms with Crippen LogP contribution in [0.4, 0.5) is 5.69 Å². The number of hydrogen-bond acceptors (Lipinski definition) is 6. The van der Waals surface area contributed by atoms with Crippen molar-refractivity contribution in [3.05, 3.63) is 94.5 Å². The number of hydrogen-bond donors (Lipinski definition) is 3. The van der Waals surface area contributed by atoms with Crippen molar-refractivity contribution < 1.29 is 19.6 Å². The largest absolute Gasteiger partial charge is 0.496 e. The molecule has 8 nitrogen and oxygen atoms in total. The zero-order valence-corrected chi connectivity index (χ0v) is 17.7. The second-order valence-electron chi connectivity index (χ2n) is 6.43. The third-order valence-electron chi connectivity index (χ3n) is 4.51. The van der Waals surface area contributed by atoms with Gasteiger partial charge in [0.05, 0.1) is 23.5 Å². The van der Waals surface area contributed by atoms with Gasteiger partial charge in [-0.3, -0.25) is 24.4 Å². The molecule has 0 radical (unpaired) electrons. The number of non-ortho nitro benzene ring substituents is 1. The van der Waals surface area contributed by atoms with E-state index in [-0.39, 0.29) is 24.7 Å². The zero-order valence-electron chi connectivity index (χ0n) is 16.9. The van der Waals surface area contributed by atoms with E-state index in [0.717, 1.165) is 0 Å². The van der Waals surface area contributed by atoms with E-state index >= 15 is 0 Å². The van der Waals surface area contributed by atoms with Crippen molar-refractivity contribution in [2.24, 2.45) is 0 Å². The van der Waals surface area contributed by atoms with Crippen molar-refractivity contribution in [1.82, 2.24) is 9.44 Å². The van der Waals surface area contributed by atoms with Gasteiger partial charge in [0.2, 0.25) is 0 Å². The molecule has 0 aliphatic carbocycles. The Morgan fingerprint density at radius 1 is 1.03 bits per heavy atom. The van der Waals surface area contributed by atoms with Crippen LogP contribution in [0.15, 0.2) is 88.7 Å². The second kappa shape index (κ2) is 10.1. The Morgan fingerprint density at radius 3 is 2.29 bits per heavy atom. The molecule has 31 heavy (non-hydrogen) atoms. The number of nitro benzene ring substituents is 1. The predicted molar refractivity (Wildman–Crippen MR) is 119 cm³/mol. The number of ether oxygens (including phenoxy) is 1. The number of amides is 1. The number of nitrogens with zero attached hydrogens (tertiary/aromatic N) is 1. The molecule has 0 spiro atoms. The Labute approximate surface area is 181 Å². The lowest BCUT2D eigenvalue weighted by Crippen LogP contribution is -2.38. The molecule has 3 N–H and O–H groups in total. The first-order valence-corrected chi connectivity index (χ1v) is 11.1. The molecule has 0 aromatic heterocycles. The zero-order chi connectivity index (χ0) is 22.3. The maximum absolute atomic E-state index is 13.2. The van der Waals surface area contributed by atoms with Crippen molar-refractivity contribution >= 4 is 22.0 Å². The molecular weight excluding hydrogens is 418 g/mol. The summed E-state index contributed by atoms with van der Waals surface area (Å²) in [6.07, 6.45) is 0. The summed E-state index contributed by atoms with van der Waals surface area (Å²) in [6.45, 7) is 0.0114. The number of aliphatic hydroxyl groups excluding tert-OH is 1. The highest BCUT2D eigenvalue weighted by Crippen LogP contribution is 2.59. The van der Waals surface area contributed by atoms with Crippen LogP contribution >= 0.6 is 10.4 Å². The summed E-state index contributed by atoms with van der Waals surface area (Å²) in [7, 11) is -0.974. The standard InChI is InChI=1S/C22H23N3O5S/c1-30-20-9-5-6-10-21(20)31(23-15-16-26,19-13-11-18(12-14-19)25(28)29)24-22(27)17-7-3-2-4-8-17/h2-14,23,26H,15-16H2,1H3,(H,24,27). The fraction of sp³-hybridized carbons (Fsp3) is 0.136. The number of rotatable bonds is 9. The third-order valence-corrected chi connectivity index (χ3v) is 7.62.